The zero-order valence-electron chi connectivity index (χ0n) is 12.8. The number of nitrogens with zero attached hydrogens (tertiary/aromatic N) is 2. The zero-order chi connectivity index (χ0) is 15.6. The van der Waals surface area contributed by atoms with Crippen LogP contribution in [0.4, 0.5) is 5.95 Å². The van der Waals surface area contributed by atoms with Gasteiger partial charge in [-0.1, -0.05) is 6.07 Å². The van der Waals surface area contributed by atoms with E-state index in [2.05, 4.69) is 4.98 Å². The molecule has 0 saturated carbocycles. The van der Waals surface area contributed by atoms with Gasteiger partial charge in [0.25, 0.3) is 0 Å². The predicted octanol–water partition coefficient (Wildman–Crippen LogP) is 2.53. The van der Waals surface area contributed by atoms with Gasteiger partial charge >= 0.3 is 5.97 Å². The number of rotatable bonds is 5. The molecular formula is C15H21N3O3. The van der Waals surface area contributed by atoms with Crippen LogP contribution in [0, 0.1) is 0 Å². The number of carbonyl (C=O) groups is 1. The molecule has 0 saturated heterocycles. The fourth-order valence-corrected chi connectivity index (χ4v) is 2.23. The van der Waals surface area contributed by atoms with E-state index in [9.17, 15) is 4.79 Å². The number of ether oxygens (including phenoxy) is 2. The molecule has 1 aromatic heterocycles. The van der Waals surface area contributed by atoms with Crippen LogP contribution in [0.1, 0.15) is 33.7 Å². The summed E-state index contributed by atoms with van der Waals surface area (Å²) in [5.74, 6) is 0.591. The van der Waals surface area contributed by atoms with Crippen molar-refractivity contribution in [1.29, 1.82) is 0 Å². The summed E-state index contributed by atoms with van der Waals surface area (Å²) in [7, 11) is 0. The van der Waals surface area contributed by atoms with Gasteiger partial charge in [0.1, 0.15) is 17.3 Å². The minimum absolute atomic E-state index is 0.0319. The van der Waals surface area contributed by atoms with Crippen LogP contribution in [0.25, 0.3) is 11.0 Å². The van der Waals surface area contributed by atoms with Crippen LogP contribution in [0.3, 0.4) is 0 Å². The number of fused-ring (bicyclic) bond motifs is 1. The average molecular weight is 291 g/mol. The van der Waals surface area contributed by atoms with E-state index in [1.807, 2.05) is 32.0 Å². The summed E-state index contributed by atoms with van der Waals surface area (Å²) >= 11 is 0. The molecule has 21 heavy (non-hydrogen) atoms. The third kappa shape index (κ3) is 2.94. The van der Waals surface area contributed by atoms with Gasteiger partial charge in [-0.05, 0) is 39.8 Å². The predicted molar refractivity (Wildman–Crippen MR) is 81.3 cm³/mol. The van der Waals surface area contributed by atoms with Crippen molar-refractivity contribution in [2.24, 2.45) is 0 Å². The number of aromatic nitrogens is 2. The molecule has 0 aliphatic heterocycles. The number of nitrogens with two attached hydrogens (primary N) is 1. The summed E-state index contributed by atoms with van der Waals surface area (Å²) in [5, 5.41) is 0. The van der Waals surface area contributed by atoms with Crippen molar-refractivity contribution in [3.63, 3.8) is 0 Å². The smallest absolute Gasteiger partial charge is 0.328 e. The number of hydrogen-bond acceptors (Lipinski definition) is 5. The second-order valence-corrected chi connectivity index (χ2v) is 5.06. The van der Waals surface area contributed by atoms with Gasteiger partial charge in [0, 0.05) is 0 Å². The number of benzene rings is 1. The van der Waals surface area contributed by atoms with Gasteiger partial charge in [-0.15, -0.1) is 0 Å². The Bertz CT molecular complexity index is 649. The van der Waals surface area contributed by atoms with Crippen LogP contribution in [0.15, 0.2) is 18.2 Å². The molecule has 1 heterocycles. The number of imidazole rings is 1. The Hall–Kier alpha value is -2.24. The lowest BCUT2D eigenvalue weighted by Gasteiger charge is -2.15. The van der Waals surface area contributed by atoms with Gasteiger partial charge in [-0.3, -0.25) is 4.57 Å². The molecule has 0 spiro atoms. The Balaban J connectivity index is 2.50. The molecule has 0 amide bonds. The molecule has 2 rings (SSSR count). The molecule has 1 unspecified atom stereocenters. The number of para-hydroxylation sites is 1. The molecule has 0 bridgehead atoms. The van der Waals surface area contributed by atoms with Gasteiger partial charge < -0.3 is 15.2 Å². The Morgan fingerprint density at radius 1 is 1.38 bits per heavy atom. The summed E-state index contributed by atoms with van der Waals surface area (Å²) in [6.07, 6.45) is 0.0319. The molecule has 114 valence electrons. The molecule has 0 radical (unpaired) electrons. The van der Waals surface area contributed by atoms with E-state index in [0.717, 1.165) is 5.52 Å². The van der Waals surface area contributed by atoms with Gasteiger partial charge in [0.2, 0.25) is 5.95 Å². The molecule has 0 aliphatic rings. The second kappa shape index (κ2) is 6.03. The van der Waals surface area contributed by atoms with Crippen LogP contribution in [-0.4, -0.2) is 28.2 Å². The summed E-state index contributed by atoms with van der Waals surface area (Å²) in [6, 6.07) is 5.02. The molecule has 1 atom stereocenters. The van der Waals surface area contributed by atoms with Crippen molar-refractivity contribution in [3.8, 4) is 5.75 Å². The lowest BCUT2D eigenvalue weighted by Crippen LogP contribution is -2.20. The van der Waals surface area contributed by atoms with Gasteiger partial charge in [0.05, 0.1) is 18.2 Å². The van der Waals surface area contributed by atoms with Crippen molar-refractivity contribution in [1.82, 2.24) is 9.55 Å². The normalized spacial score (nSPS) is 12.6. The third-order valence-electron chi connectivity index (χ3n) is 3.09. The lowest BCUT2D eigenvalue weighted by molar-refractivity contribution is -0.146. The van der Waals surface area contributed by atoms with E-state index in [4.69, 9.17) is 15.2 Å². The first kappa shape index (κ1) is 15.2. The van der Waals surface area contributed by atoms with Crippen molar-refractivity contribution < 1.29 is 14.3 Å². The van der Waals surface area contributed by atoms with E-state index >= 15 is 0 Å². The Kier molecular flexibility index (Phi) is 4.35. The van der Waals surface area contributed by atoms with Crippen LogP contribution >= 0.6 is 0 Å². The van der Waals surface area contributed by atoms with Gasteiger partial charge in [-0.25, -0.2) is 9.78 Å². The quantitative estimate of drug-likeness (QED) is 0.856. The lowest BCUT2D eigenvalue weighted by atomic mass is 10.2. The fraction of sp³-hybridized carbons (Fsp3) is 0.467. The topological polar surface area (TPSA) is 79.4 Å². The SMILES string of the molecule is CCOC(=O)C(C)n1c(N)nc2c(OC(C)C)cccc21. The summed E-state index contributed by atoms with van der Waals surface area (Å²) < 4.78 is 12.5. The summed E-state index contributed by atoms with van der Waals surface area (Å²) in [5.41, 5.74) is 7.38. The molecular weight excluding hydrogens is 270 g/mol. The van der Waals surface area contributed by atoms with Crippen molar-refractivity contribution in [2.45, 2.75) is 39.8 Å². The Labute approximate surface area is 123 Å². The van der Waals surface area contributed by atoms with Crippen LogP contribution in [-0.2, 0) is 9.53 Å². The third-order valence-corrected chi connectivity index (χ3v) is 3.09. The fourth-order valence-electron chi connectivity index (χ4n) is 2.23. The summed E-state index contributed by atoms with van der Waals surface area (Å²) in [6.45, 7) is 7.73. The summed E-state index contributed by atoms with van der Waals surface area (Å²) in [4.78, 5) is 16.3. The van der Waals surface area contributed by atoms with Crippen LogP contribution < -0.4 is 10.5 Å². The van der Waals surface area contributed by atoms with Gasteiger partial charge in [-0.2, -0.15) is 0 Å². The van der Waals surface area contributed by atoms with Crippen molar-refractivity contribution in [2.75, 3.05) is 12.3 Å². The number of hydrogen-bond donors (Lipinski definition) is 1. The minimum atomic E-state index is -0.538. The maximum Gasteiger partial charge on any atom is 0.328 e. The zero-order valence-corrected chi connectivity index (χ0v) is 12.8. The standard InChI is InChI=1S/C15H21N3O3/c1-5-20-14(19)10(4)18-11-7-6-8-12(21-9(2)3)13(11)17-15(18)16/h6-10H,5H2,1-4H3,(H2,16,17). The number of esters is 1. The minimum Gasteiger partial charge on any atom is -0.489 e. The number of nitrogen functional groups attached to an aromatic ring is 1. The highest BCUT2D eigenvalue weighted by molar-refractivity contribution is 5.87. The van der Waals surface area contributed by atoms with E-state index in [0.29, 0.717) is 17.9 Å². The Morgan fingerprint density at radius 2 is 2.10 bits per heavy atom. The van der Waals surface area contributed by atoms with E-state index < -0.39 is 6.04 Å². The highest BCUT2D eigenvalue weighted by Gasteiger charge is 2.22. The van der Waals surface area contributed by atoms with E-state index in [1.54, 1.807) is 18.4 Å². The highest BCUT2D eigenvalue weighted by Crippen LogP contribution is 2.30. The van der Waals surface area contributed by atoms with Crippen LogP contribution in [0.5, 0.6) is 5.75 Å². The number of anilines is 1. The second-order valence-electron chi connectivity index (χ2n) is 5.06. The molecule has 2 N–H and O–H groups in total. The molecule has 6 nitrogen and oxygen atoms in total. The number of carbonyl (C=O) groups excluding carboxylic acids is 1. The molecule has 0 aliphatic carbocycles. The van der Waals surface area contributed by atoms with E-state index in [-0.39, 0.29) is 18.0 Å². The average Bonchev–Trinajstić information content (AvgIpc) is 2.75. The monoisotopic (exact) mass is 291 g/mol. The first-order valence-corrected chi connectivity index (χ1v) is 7.05. The maximum absolute atomic E-state index is 11.9. The van der Waals surface area contributed by atoms with Crippen molar-refractivity contribution >= 4 is 23.0 Å². The van der Waals surface area contributed by atoms with Crippen LogP contribution in [0.2, 0.25) is 0 Å². The first-order valence-electron chi connectivity index (χ1n) is 7.05. The van der Waals surface area contributed by atoms with E-state index in [1.165, 1.54) is 0 Å². The van der Waals surface area contributed by atoms with Gasteiger partial charge in [0.15, 0.2) is 0 Å². The molecule has 6 heteroatoms. The molecule has 2 aromatic rings. The van der Waals surface area contributed by atoms with Crippen molar-refractivity contribution in [3.05, 3.63) is 18.2 Å². The molecule has 1 aromatic carbocycles. The Morgan fingerprint density at radius 3 is 2.71 bits per heavy atom. The molecule has 0 fully saturated rings. The largest absolute Gasteiger partial charge is 0.489 e. The maximum atomic E-state index is 11.9. The highest BCUT2D eigenvalue weighted by atomic mass is 16.5. The first-order chi connectivity index (χ1) is 9.95.